The number of benzene rings is 2. The van der Waals surface area contributed by atoms with Crippen LogP contribution in [0.2, 0.25) is 0 Å². The zero-order chi connectivity index (χ0) is 19.1. The maximum absolute atomic E-state index is 12.6. The van der Waals surface area contributed by atoms with E-state index < -0.39 is 0 Å². The minimum atomic E-state index is -0.211. The van der Waals surface area contributed by atoms with Gasteiger partial charge in [0.25, 0.3) is 5.91 Å². The highest BCUT2D eigenvalue weighted by molar-refractivity contribution is 6.06. The van der Waals surface area contributed by atoms with Gasteiger partial charge in [-0.15, -0.1) is 0 Å². The third-order valence-electron chi connectivity index (χ3n) is 3.83. The van der Waals surface area contributed by atoms with Crippen molar-refractivity contribution in [3.05, 3.63) is 59.7 Å². The number of anilines is 1. The number of hydrogen-bond acceptors (Lipinski definition) is 3. The second kappa shape index (κ2) is 9.04. The Bertz CT molecular complexity index is 752. The third kappa shape index (κ3) is 5.62. The van der Waals surface area contributed by atoms with Crippen molar-refractivity contribution in [2.24, 2.45) is 0 Å². The molecule has 0 heterocycles. The molecule has 0 spiro atoms. The van der Waals surface area contributed by atoms with E-state index in [2.05, 4.69) is 5.32 Å². The topological polar surface area (TPSA) is 58.6 Å². The van der Waals surface area contributed by atoms with Crippen LogP contribution in [0.3, 0.4) is 0 Å². The van der Waals surface area contributed by atoms with Crippen molar-refractivity contribution in [3.63, 3.8) is 0 Å². The van der Waals surface area contributed by atoms with Crippen molar-refractivity contribution >= 4 is 17.5 Å². The molecule has 0 saturated heterocycles. The van der Waals surface area contributed by atoms with Crippen LogP contribution < -0.4 is 10.1 Å². The predicted octanol–water partition coefficient (Wildman–Crippen LogP) is 3.75. The summed E-state index contributed by atoms with van der Waals surface area (Å²) < 4.78 is 5.70. The van der Waals surface area contributed by atoms with Gasteiger partial charge in [0.15, 0.2) is 0 Å². The minimum absolute atomic E-state index is 0.00638. The summed E-state index contributed by atoms with van der Waals surface area (Å²) in [5, 5.41) is 2.89. The second-order valence-electron chi connectivity index (χ2n) is 6.60. The van der Waals surface area contributed by atoms with Crippen molar-refractivity contribution in [1.29, 1.82) is 0 Å². The number of carbonyl (C=O) groups is 2. The quantitative estimate of drug-likeness (QED) is 0.824. The number of ether oxygens (including phenoxy) is 1. The normalized spacial score (nSPS) is 10.5. The number of aryl methyl sites for hydroxylation is 1. The monoisotopic (exact) mass is 354 g/mol. The van der Waals surface area contributed by atoms with Gasteiger partial charge in [0.1, 0.15) is 5.75 Å². The molecule has 0 bridgehead atoms. The lowest BCUT2D eigenvalue weighted by Gasteiger charge is -2.14. The van der Waals surface area contributed by atoms with E-state index in [1.54, 1.807) is 31.1 Å². The number of nitrogens with one attached hydrogen (secondary N) is 1. The molecule has 2 amide bonds. The molecule has 0 aliphatic rings. The van der Waals surface area contributed by atoms with E-state index in [1.165, 1.54) is 0 Å². The Balaban J connectivity index is 2.01. The van der Waals surface area contributed by atoms with Gasteiger partial charge >= 0.3 is 0 Å². The molecule has 0 aliphatic carbocycles. The summed E-state index contributed by atoms with van der Waals surface area (Å²) in [4.78, 5) is 25.8. The summed E-state index contributed by atoms with van der Waals surface area (Å²) in [6, 6.07) is 14.7. The maximum Gasteiger partial charge on any atom is 0.259 e. The van der Waals surface area contributed by atoms with E-state index in [0.717, 1.165) is 5.56 Å². The van der Waals surface area contributed by atoms with Crippen molar-refractivity contribution in [1.82, 2.24) is 4.90 Å². The number of para-hydroxylation sites is 1. The fraction of sp³-hybridized carbons (Fsp3) is 0.333. The van der Waals surface area contributed by atoms with E-state index in [9.17, 15) is 9.59 Å². The van der Waals surface area contributed by atoms with Crippen molar-refractivity contribution in [3.8, 4) is 5.75 Å². The van der Waals surface area contributed by atoms with Gasteiger partial charge in [-0.25, -0.2) is 0 Å². The molecule has 0 aliphatic heterocycles. The molecule has 26 heavy (non-hydrogen) atoms. The number of carbonyl (C=O) groups excluding carboxylic acids is 2. The van der Waals surface area contributed by atoms with Crippen molar-refractivity contribution in [2.45, 2.75) is 32.8 Å². The van der Waals surface area contributed by atoms with Gasteiger partial charge < -0.3 is 15.0 Å². The highest BCUT2D eigenvalue weighted by atomic mass is 16.5. The van der Waals surface area contributed by atoms with Crippen LogP contribution in [0.1, 0.15) is 36.2 Å². The summed E-state index contributed by atoms with van der Waals surface area (Å²) in [6.45, 7) is 3.85. The number of hydrogen-bond donors (Lipinski definition) is 1. The molecule has 5 heteroatoms. The molecule has 5 nitrogen and oxygen atoms in total. The van der Waals surface area contributed by atoms with Crippen molar-refractivity contribution < 1.29 is 14.3 Å². The highest BCUT2D eigenvalue weighted by Gasteiger charge is 2.13. The summed E-state index contributed by atoms with van der Waals surface area (Å²) >= 11 is 0. The molecule has 2 aromatic carbocycles. The Hall–Kier alpha value is -2.82. The molecule has 0 saturated carbocycles. The lowest BCUT2D eigenvalue weighted by molar-refractivity contribution is -0.128. The van der Waals surface area contributed by atoms with Crippen LogP contribution in [0.25, 0.3) is 0 Å². The molecule has 1 N–H and O–H groups in total. The summed E-state index contributed by atoms with van der Waals surface area (Å²) in [5.41, 5.74) is 2.26. The van der Waals surface area contributed by atoms with E-state index in [1.807, 2.05) is 50.2 Å². The maximum atomic E-state index is 12.6. The Labute approximate surface area is 155 Å². The average Bonchev–Trinajstić information content (AvgIpc) is 2.60. The summed E-state index contributed by atoms with van der Waals surface area (Å²) in [6.07, 6.45) is 1.14. The van der Waals surface area contributed by atoms with Gasteiger partial charge in [0, 0.05) is 26.2 Å². The number of nitrogens with zero attached hydrogens (tertiary/aromatic N) is 1. The van der Waals surface area contributed by atoms with Crippen molar-refractivity contribution in [2.75, 3.05) is 19.4 Å². The Morgan fingerprint density at radius 2 is 1.69 bits per heavy atom. The van der Waals surface area contributed by atoms with Crippen LogP contribution in [0.5, 0.6) is 5.75 Å². The lowest BCUT2D eigenvalue weighted by atomic mass is 10.1. The van der Waals surface area contributed by atoms with Gasteiger partial charge in [0.2, 0.25) is 5.91 Å². The standard InChI is InChI=1S/C21H26N2O3/c1-15(2)26-19-8-6-5-7-18(19)21(25)22-17-12-9-16(10-13-17)11-14-20(24)23(3)4/h5-10,12-13,15H,11,14H2,1-4H3,(H,22,25). The molecular formula is C21H26N2O3. The van der Waals surface area contributed by atoms with Gasteiger partial charge in [-0.3, -0.25) is 9.59 Å². The van der Waals surface area contributed by atoms with Gasteiger partial charge in [0.05, 0.1) is 11.7 Å². The molecule has 0 aromatic heterocycles. The Kier molecular flexibility index (Phi) is 6.78. The van der Waals surface area contributed by atoms with Crippen LogP contribution in [0.15, 0.2) is 48.5 Å². The van der Waals surface area contributed by atoms with E-state index >= 15 is 0 Å². The first-order valence-corrected chi connectivity index (χ1v) is 8.73. The Morgan fingerprint density at radius 1 is 1.04 bits per heavy atom. The van der Waals surface area contributed by atoms with Crippen LogP contribution in [0, 0.1) is 0 Å². The molecule has 0 atom stereocenters. The number of amides is 2. The first-order valence-electron chi connectivity index (χ1n) is 8.73. The molecule has 0 unspecified atom stereocenters. The van der Waals surface area contributed by atoms with Gasteiger partial charge in [-0.1, -0.05) is 24.3 Å². The first-order chi connectivity index (χ1) is 12.4. The molecule has 0 fully saturated rings. The third-order valence-corrected chi connectivity index (χ3v) is 3.83. The van der Waals surface area contributed by atoms with E-state index in [-0.39, 0.29) is 17.9 Å². The molecule has 138 valence electrons. The van der Waals surface area contributed by atoms with E-state index in [4.69, 9.17) is 4.74 Å². The first kappa shape index (κ1) is 19.5. The highest BCUT2D eigenvalue weighted by Crippen LogP contribution is 2.21. The van der Waals surface area contributed by atoms with E-state index in [0.29, 0.717) is 29.8 Å². The van der Waals surface area contributed by atoms with Gasteiger partial charge in [-0.05, 0) is 50.1 Å². The number of rotatable bonds is 7. The molecule has 2 aromatic rings. The molecular weight excluding hydrogens is 328 g/mol. The SMILES string of the molecule is CC(C)Oc1ccccc1C(=O)Nc1ccc(CCC(=O)N(C)C)cc1. The fourth-order valence-electron chi connectivity index (χ4n) is 2.44. The summed E-state index contributed by atoms with van der Waals surface area (Å²) in [7, 11) is 3.50. The minimum Gasteiger partial charge on any atom is -0.490 e. The fourth-order valence-corrected chi connectivity index (χ4v) is 2.44. The summed E-state index contributed by atoms with van der Waals surface area (Å²) in [5.74, 6) is 0.458. The predicted molar refractivity (Wildman–Crippen MR) is 104 cm³/mol. The zero-order valence-corrected chi connectivity index (χ0v) is 15.8. The smallest absolute Gasteiger partial charge is 0.259 e. The largest absolute Gasteiger partial charge is 0.490 e. The van der Waals surface area contributed by atoms with Gasteiger partial charge in [-0.2, -0.15) is 0 Å². The van der Waals surface area contributed by atoms with Crippen LogP contribution >= 0.6 is 0 Å². The molecule has 2 rings (SSSR count). The average molecular weight is 354 g/mol. The Morgan fingerprint density at radius 3 is 2.31 bits per heavy atom. The lowest BCUT2D eigenvalue weighted by Crippen LogP contribution is -2.21. The van der Waals surface area contributed by atoms with Crippen LogP contribution in [-0.2, 0) is 11.2 Å². The second-order valence-corrected chi connectivity index (χ2v) is 6.60. The van der Waals surface area contributed by atoms with Crippen LogP contribution in [-0.4, -0.2) is 36.9 Å². The van der Waals surface area contributed by atoms with Crippen LogP contribution in [0.4, 0.5) is 5.69 Å². The molecule has 0 radical (unpaired) electrons. The zero-order valence-electron chi connectivity index (χ0n) is 15.8.